The molecule has 1 amide bonds. The molecule has 0 aliphatic carbocycles. The molecule has 166 valence electrons. The zero-order chi connectivity index (χ0) is 21.6. The molecule has 2 unspecified atom stereocenters. The Labute approximate surface area is 189 Å². The Bertz CT molecular complexity index is 885. The predicted molar refractivity (Wildman–Crippen MR) is 125 cm³/mol. The fourth-order valence-electron chi connectivity index (χ4n) is 4.24. The van der Waals surface area contributed by atoms with E-state index in [0.717, 1.165) is 48.0 Å². The molecule has 2 aliphatic heterocycles. The van der Waals surface area contributed by atoms with Gasteiger partial charge in [0.1, 0.15) is 11.8 Å². The lowest BCUT2D eigenvalue weighted by molar-refractivity contribution is -0.133. The largest absolute Gasteiger partial charge is 0.493 e. The molecule has 2 aromatic carbocycles. The van der Waals surface area contributed by atoms with Crippen LogP contribution in [0.1, 0.15) is 37.8 Å². The SMILES string of the molecule is CCCCOc1ccccc1C1CC(C(=O)N2CCN(c3ccccc3Cl)CC2)NN1. The fourth-order valence-corrected chi connectivity index (χ4v) is 4.50. The summed E-state index contributed by atoms with van der Waals surface area (Å²) in [6.07, 6.45) is 2.84. The van der Waals surface area contributed by atoms with Crippen LogP contribution in [0.2, 0.25) is 5.02 Å². The van der Waals surface area contributed by atoms with Gasteiger partial charge in [-0.05, 0) is 31.0 Å². The third-order valence-corrected chi connectivity index (χ3v) is 6.36. The summed E-state index contributed by atoms with van der Waals surface area (Å²) in [6, 6.07) is 15.8. The van der Waals surface area contributed by atoms with Gasteiger partial charge in [-0.3, -0.25) is 4.79 Å². The number of carbonyl (C=O) groups excluding carboxylic acids is 1. The number of rotatable bonds is 7. The van der Waals surface area contributed by atoms with Crippen molar-refractivity contribution in [3.8, 4) is 5.75 Å². The highest BCUT2D eigenvalue weighted by molar-refractivity contribution is 6.33. The number of hydrogen-bond acceptors (Lipinski definition) is 5. The number of nitrogens with zero attached hydrogens (tertiary/aromatic N) is 2. The van der Waals surface area contributed by atoms with E-state index in [4.69, 9.17) is 16.3 Å². The molecular formula is C24H31ClN4O2. The monoisotopic (exact) mass is 442 g/mol. The third kappa shape index (κ3) is 5.14. The van der Waals surface area contributed by atoms with Crippen molar-refractivity contribution in [2.45, 2.75) is 38.3 Å². The van der Waals surface area contributed by atoms with E-state index in [2.05, 4.69) is 28.7 Å². The number of para-hydroxylation sites is 2. The van der Waals surface area contributed by atoms with Gasteiger partial charge in [0.2, 0.25) is 5.91 Å². The molecule has 0 bridgehead atoms. The maximum absolute atomic E-state index is 13.1. The van der Waals surface area contributed by atoms with E-state index in [0.29, 0.717) is 26.1 Å². The molecule has 0 aromatic heterocycles. The highest BCUT2D eigenvalue weighted by atomic mass is 35.5. The minimum absolute atomic E-state index is 0.0520. The molecule has 2 heterocycles. The van der Waals surface area contributed by atoms with Crippen LogP contribution in [-0.4, -0.2) is 49.6 Å². The van der Waals surface area contributed by atoms with E-state index in [-0.39, 0.29) is 18.0 Å². The first-order valence-electron chi connectivity index (χ1n) is 11.2. The highest BCUT2D eigenvalue weighted by Crippen LogP contribution is 2.31. The molecule has 2 aromatic rings. The van der Waals surface area contributed by atoms with Crippen molar-refractivity contribution >= 4 is 23.2 Å². The van der Waals surface area contributed by atoms with Gasteiger partial charge in [0.25, 0.3) is 0 Å². The summed E-state index contributed by atoms with van der Waals surface area (Å²) < 4.78 is 5.99. The average molecular weight is 443 g/mol. The number of carbonyl (C=O) groups is 1. The van der Waals surface area contributed by atoms with Crippen molar-refractivity contribution in [2.75, 3.05) is 37.7 Å². The summed E-state index contributed by atoms with van der Waals surface area (Å²) in [6.45, 7) is 5.83. The van der Waals surface area contributed by atoms with Crippen molar-refractivity contribution in [3.05, 3.63) is 59.1 Å². The summed E-state index contributed by atoms with van der Waals surface area (Å²) in [7, 11) is 0. The number of unbranched alkanes of at least 4 members (excludes halogenated alkanes) is 1. The van der Waals surface area contributed by atoms with Gasteiger partial charge in [-0.1, -0.05) is 55.3 Å². The van der Waals surface area contributed by atoms with Crippen molar-refractivity contribution in [1.29, 1.82) is 0 Å². The Morgan fingerprint density at radius 2 is 1.81 bits per heavy atom. The van der Waals surface area contributed by atoms with Gasteiger partial charge < -0.3 is 14.5 Å². The zero-order valence-corrected chi connectivity index (χ0v) is 18.8. The number of hydrogen-bond donors (Lipinski definition) is 2. The van der Waals surface area contributed by atoms with Gasteiger partial charge in [-0.25, -0.2) is 10.9 Å². The van der Waals surface area contributed by atoms with Crippen LogP contribution in [0.5, 0.6) is 5.75 Å². The number of ether oxygens (including phenoxy) is 1. The second-order valence-corrected chi connectivity index (χ2v) is 8.54. The van der Waals surface area contributed by atoms with E-state index in [1.807, 2.05) is 47.4 Å². The minimum atomic E-state index is -0.236. The first kappa shape index (κ1) is 21.9. The van der Waals surface area contributed by atoms with Gasteiger partial charge in [0.05, 0.1) is 23.4 Å². The van der Waals surface area contributed by atoms with Crippen LogP contribution >= 0.6 is 11.6 Å². The molecular weight excluding hydrogens is 412 g/mol. The number of piperazine rings is 1. The van der Waals surface area contributed by atoms with Gasteiger partial charge in [0.15, 0.2) is 0 Å². The molecule has 2 fully saturated rings. The normalized spacial score (nSPS) is 21.4. The predicted octanol–water partition coefficient (Wildman–Crippen LogP) is 3.78. The number of hydrazine groups is 1. The highest BCUT2D eigenvalue weighted by Gasteiger charge is 2.35. The molecule has 6 nitrogen and oxygen atoms in total. The van der Waals surface area contributed by atoms with Crippen molar-refractivity contribution < 1.29 is 9.53 Å². The van der Waals surface area contributed by atoms with E-state index < -0.39 is 0 Å². The molecule has 0 saturated carbocycles. The van der Waals surface area contributed by atoms with Crippen LogP contribution < -0.4 is 20.5 Å². The van der Waals surface area contributed by atoms with Crippen LogP contribution in [0.15, 0.2) is 48.5 Å². The molecule has 2 N–H and O–H groups in total. The van der Waals surface area contributed by atoms with Gasteiger partial charge in [-0.15, -0.1) is 0 Å². The summed E-state index contributed by atoms with van der Waals surface area (Å²) in [5.41, 5.74) is 8.67. The van der Waals surface area contributed by atoms with Crippen LogP contribution in [0.25, 0.3) is 0 Å². The summed E-state index contributed by atoms with van der Waals surface area (Å²) in [5.74, 6) is 1.05. The van der Waals surface area contributed by atoms with Crippen molar-refractivity contribution in [1.82, 2.24) is 15.8 Å². The lowest BCUT2D eigenvalue weighted by Gasteiger charge is -2.37. The lowest BCUT2D eigenvalue weighted by atomic mass is 10.0. The van der Waals surface area contributed by atoms with Crippen LogP contribution in [0, 0.1) is 0 Å². The molecule has 7 heteroatoms. The summed E-state index contributed by atoms with van der Waals surface area (Å²) in [4.78, 5) is 17.3. The average Bonchev–Trinajstić information content (AvgIpc) is 3.30. The second kappa shape index (κ2) is 10.4. The number of anilines is 1. The Hall–Kier alpha value is -2.28. The maximum Gasteiger partial charge on any atom is 0.241 e. The maximum atomic E-state index is 13.1. The van der Waals surface area contributed by atoms with Crippen molar-refractivity contribution in [2.24, 2.45) is 0 Å². The molecule has 0 spiro atoms. The van der Waals surface area contributed by atoms with Crippen LogP contribution in [0.4, 0.5) is 5.69 Å². The summed E-state index contributed by atoms with van der Waals surface area (Å²) in [5, 5.41) is 0.756. The van der Waals surface area contributed by atoms with E-state index in [1.54, 1.807) is 0 Å². The molecule has 2 aliphatic rings. The van der Waals surface area contributed by atoms with Gasteiger partial charge >= 0.3 is 0 Å². The molecule has 2 saturated heterocycles. The molecule has 4 rings (SSSR count). The Balaban J connectivity index is 1.33. The lowest BCUT2D eigenvalue weighted by Crippen LogP contribution is -2.53. The molecule has 0 radical (unpaired) electrons. The van der Waals surface area contributed by atoms with E-state index in [9.17, 15) is 4.79 Å². The summed E-state index contributed by atoms with van der Waals surface area (Å²) >= 11 is 6.34. The first-order chi connectivity index (χ1) is 15.2. The Kier molecular flexibility index (Phi) is 7.33. The number of amides is 1. The standard InChI is InChI=1S/C24H31ClN4O2/c1-2-3-16-31-23-11-7-4-8-18(23)20-17-21(27-26-20)24(30)29-14-12-28(13-15-29)22-10-6-5-9-19(22)25/h4-11,20-21,26-27H,2-3,12-17H2,1H3. The van der Waals surface area contributed by atoms with Crippen molar-refractivity contribution in [3.63, 3.8) is 0 Å². The van der Waals surface area contributed by atoms with Gasteiger partial charge in [0, 0.05) is 31.7 Å². The third-order valence-electron chi connectivity index (χ3n) is 6.04. The quantitative estimate of drug-likeness (QED) is 0.639. The second-order valence-electron chi connectivity index (χ2n) is 8.13. The van der Waals surface area contributed by atoms with E-state index >= 15 is 0 Å². The number of nitrogens with one attached hydrogen (secondary N) is 2. The Morgan fingerprint density at radius 3 is 2.58 bits per heavy atom. The molecule has 31 heavy (non-hydrogen) atoms. The smallest absolute Gasteiger partial charge is 0.241 e. The fraction of sp³-hybridized carbons (Fsp3) is 0.458. The Morgan fingerprint density at radius 1 is 1.06 bits per heavy atom. The zero-order valence-electron chi connectivity index (χ0n) is 18.0. The minimum Gasteiger partial charge on any atom is -0.493 e. The van der Waals surface area contributed by atoms with Crippen LogP contribution in [0.3, 0.4) is 0 Å². The van der Waals surface area contributed by atoms with E-state index in [1.165, 1.54) is 0 Å². The van der Waals surface area contributed by atoms with Crippen LogP contribution in [-0.2, 0) is 4.79 Å². The first-order valence-corrected chi connectivity index (χ1v) is 11.6. The molecule has 2 atom stereocenters. The number of benzene rings is 2. The topological polar surface area (TPSA) is 56.8 Å². The number of halogens is 1. The van der Waals surface area contributed by atoms with Gasteiger partial charge in [-0.2, -0.15) is 0 Å².